The number of para-hydroxylation sites is 1. The first-order chi connectivity index (χ1) is 7.61. The zero-order valence-electron chi connectivity index (χ0n) is 8.73. The van der Waals surface area contributed by atoms with Gasteiger partial charge in [-0.25, -0.2) is 4.79 Å². The lowest BCUT2D eigenvalue weighted by atomic mass is 9.96. The fraction of sp³-hybridized carbons (Fsp3) is 0.167. The molecule has 2 aromatic rings. The molecule has 0 bridgehead atoms. The molecule has 2 rings (SSSR count). The van der Waals surface area contributed by atoms with Crippen LogP contribution >= 0.6 is 0 Å². The van der Waals surface area contributed by atoms with E-state index >= 15 is 0 Å². The Balaban J connectivity index is 2.48. The molecule has 1 heterocycles. The van der Waals surface area contributed by atoms with Crippen LogP contribution in [0, 0.1) is 0 Å². The molecule has 0 amide bonds. The second-order valence-corrected chi connectivity index (χ2v) is 3.68. The molecular weight excluding hydrogens is 206 g/mol. The smallest absolute Gasteiger partial charge is 0.372 e. The van der Waals surface area contributed by atoms with Gasteiger partial charge in [0.15, 0.2) is 0 Å². The van der Waals surface area contributed by atoms with E-state index in [9.17, 15) is 9.59 Å². The highest BCUT2D eigenvalue weighted by atomic mass is 16.4. The summed E-state index contributed by atoms with van der Waals surface area (Å²) in [5.41, 5.74) is 1.63. The number of ketones is 1. The highest BCUT2D eigenvalue weighted by molar-refractivity contribution is 6.35. The lowest BCUT2D eigenvalue weighted by Gasteiger charge is -2.05. The molecule has 4 nitrogen and oxygen atoms in total. The third kappa shape index (κ3) is 1.58. The summed E-state index contributed by atoms with van der Waals surface area (Å²) in [6, 6.07) is 7.49. The zero-order chi connectivity index (χ0) is 11.7. The number of carbonyl (C=O) groups excluding carboxylic acids is 1. The molecule has 0 aliphatic carbocycles. The van der Waals surface area contributed by atoms with Gasteiger partial charge in [-0.05, 0) is 11.6 Å². The molecule has 0 fully saturated rings. The van der Waals surface area contributed by atoms with Crippen molar-refractivity contribution < 1.29 is 14.7 Å². The number of Topliss-reactive ketones (excluding diaryl/α,β-unsaturated/α-hetero) is 1. The van der Waals surface area contributed by atoms with Crippen LogP contribution in [0.3, 0.4) is 0 Å². The second-order valence-electron chi connectivity index (χ2n) is 3.68. The Bertz CT molecular complexity index is 556. The van der Waals surface area contributed by atoms with E-state index in [-0.39, 0.29) is 0 Å². The number of carboxylic acids is 1. The number of hydrogen-bond donors (Lipinski definition) is 2. The standard InChI is InChI=1S/C12H11NO3/c1-7(11(14)12(15)16)9-6-13-10-5-3-2-4-8(9)10/h2-7,13H,1H3,(H,15,16)/t7-/m0/s1. The molecule has 0 radical (unpaired) electrons. The Morgan fingerprint density at radius 1 is 1.31 bits per heavy atom. The molecule has 2 N–H and O–H groups in total. The van der Waals surface area contributed by atoms with Gasteiger partial charge in [0.25, 0.3) is 0 Å². The van der Waals surface area contributed by atoms with Crippen molar-refractivity contribution >= 4 is 22.7 Å². The number of hydrogen-bond acceptors (Lipinski definition) is 2. The fourth-order valence-corrected chi connectivity index (χ4v) is 1.78. The summed E-state index contributed by atoms with van der Waals surface area (Å²) in [6.07, 6.45) is 1.69. The van der Waals surface area contributed by atoms with Crippen molar-refractivity contribution in [2.75, 3.05) is 0 Å². The summed E-state index contributed by atoms with van der Waals surface area (Å²) < 4.78 is 0. The number of aromatic nitrogens is 1. The predicted octanol–water partition coefficient (Wildman–Crippen LogP) is 1.93. The molecular formula is C12H11NO3. The lowest BCUT2D eigenvalue weighted by Crippen LogP contribution is -2.19. The molecule has 82 valence electrons. The number of carboxylic acid groups (broad SMARTS) is 1. The monoisotopic (exact) mass is 217 g/mol. The fourth-order valence-electron chi connectivity index (χ4n) is 1.78. The largest absolute Gasteiger partial charge is 0.475 e. The molecule has 1 atom stereocenters. The third-order valence-corrected chi connectivity index (χ3v) is 2.69. The maximum Gasteiger partial charge on any atom is 0.372 e. The summed E-state index contributed by atoms with van der Waals surface area (Å²) >= 11 is 0. The average molecular weight is 217 g/mol. The topological polar surface area (TPSA) is 70.2 Å². The minimum atomic E-state index is -1.39. The van der Waals surface area contributed by atoms with Crippen LogP contribution in [0.4, 0.5) is 0 Å². The summed E-state index contributed by atoms with van der Waals surface area (Å²) in [5, 5.41) is 9.56. The second kappa shape index (κ2) is 3.81. The number of nitrogens with one attached hydrogen (secondary N) is 1. The van der Waals surface area contributed by atoms with Crippen LogP contribution in [0.2, 0.25) is 0 Å². The quantitative estimate of drug-likeness (QED) is 0.771. The van der Waals surface area contributed by atoms with Crippen LogP contribution in [-0.2, 0) is 9.59 Å². The van der Waals surface area contributed by atoms with Crippen molar-refractivity contribution in [3.05, 3.63) is 36.0 Å². The van der Waals surface area contributed by atoms with E-state index in [4.69, 9.17) is 5.11 Å². The third-order valence-electron chi connectivity index (χ3n) is 2.69. The van der Waals surface area contributed by atoms with E-state index in [1.165, 1.54) is 0 Å². The van der Waals surface area contributed by atoms with E-state index < -0.39 is 17.7 Å². The Kier molecular flexibility index (Phi) is 2.48. The van der Waals surface area contributed by atoms with Gasteiger partial charge in [-0.2, -0.15) is 0 Å². The van der Waals surface area contributed by atoms with Crippen molar-refractivity contribution in [3.8, 4) is 0 Å². The number of fused-ring (bicyclic) bond motifs is 1. The normalized spacial score (nSPS) is 12.6. The number of benzene rings is 1. The van der Waals surface area contributed by atoms with Gasteiger partial charge < -0.3 is 10.1 Å². The molecule has 0 aliphatic rings. The molecule has 4 heteroatoms. The number of rotatable bonds is 3. The Hall–Kier alpha value is -2.10. The lowest BCUT2D eigenvalue weighted by molar-refractivity contribution is -0.149. The van der Waals surface area contributed by atoms with Crippen molar-refractivity contribution in [1.82, 2.24) is 4.98 Å². The van der Waals surface area contributed by atoms with E-state index in [1.807, 2.05) is 24.3 Å². The van der Waals surface area contributed by atoms with E-state index in [2.05, 4.69) is 4.98 Å². The highest BCUT2D eigenvalue weighted by Crippen LogP contribution is 2.25. The van der Waals surface area contributed by atoms with Crippen LogP contribution < -0.4 is 0 Å². The molecule has 1 aromatic carbocycles. The van der Waals surface area contributed by atoms with Crippen molar-refractivity contribution in [2.24, 2.45) is 0 Å². The zero-order valence-corrected chi connectivity index (χ0v) is 8.73. The van der Waals surface area contributed by atoms with Crippen molar-refractivity contribution in [3.63, 3.8) is 0 Å². The number of aliphatic carboxylic acids is 1. The number of carbonyl (C=O) groups is 2. The Morgan fingerprint density at radius 3 is 2.69 bits per heavy atom. The van der Waals surface area contributed by atoms with Gasteiger partial charge in [-0.3, -0.25) is 4.79 Å². The van der Waals surface area contributed by atoms with Gasteiger partial charge in [-0.1, -0.05) is 25.1 Å². The van der Waals surface area contributed by atoms with Gasteiger partial charge in [-0.15, -0.1) is 0 Å². The summed E-state index contributed by atoms with van der Waals surface area (Å²) in [6.45, 7) is 1.60. The first-order valence-electron chi connectivity index (χ1n) is 4.94. The van der Waals surface area contributed by atoms with Crippen molar-refractivity contribution in [1.29, 1.82) is 0 Å². The molecule has 0 unspecified atom stereocenters. The van der Waals surface area contributed by atoms with Gasteiger partial charge in [0.2, 0.25) is 5.78 Å². The SMILES string of the molecule is C[C@H](C(=O)C(=O)O)c1c[nH]c2ccccc12. The Morgan fingerprint density at radius 2 is 2.00 bits per heavy atom. The molecule has 0 spiro atoms. The summed E-state index contributed by atoms with van der Waals surface area (Å²) in [4.78, 5) is 25.0. The van der Waals surface area contributed by atoms with E-state index in [0.29, 0.717) is 0 Å². The molecule has 16 heavy (non-hydrogen) atoms. The van der Waals surface area contributed by atoms with Crippen LogP contribution in [0.5, 0.6) is 0 Å². The number of H-pyrrole nitrogens is 1. The van der Waals surface area contributed by atoms with Gasteiger partial charge >= 0.3 is 5.97 Å². The van der Waals surface area contributed by atoms with Crippen molar-refractivity contribution in [2.45, 2.75) is 12.8 Å². The van der Waals surface area contributed by atoms with Gasteiger partial charge in [0.1, 0.15) is 0 Å². The number of aromatic amines is 1. The molecule has 0 aliphatic heterocycles. The molecule has 0 saturated carbocycles. The summed E-state index contributed by atoms with van der Waals surface area (Å²) in [7, 11) is 0. The van der Waals surface area contributed by atoms with Gasteiger partial charge in [0, 0.05) is 17.1 Å². The minimum absolute atomic E-state index is 0.631. The summed E-state index contributed by atoms with van der Waals surface area (Å²) in [5.74, 6) is -2.81. The maximum absolute atomic E-state index is 11.4. The first-order valence-corrected chi connectivity index (χ1v) is 4.94. The van der Waals surface area contributed by atoms with Crippen LogP contribution in [0.15, 0.2) is 30.5 Å². The van der Waals surface area contributed by atoms with Crippen LogP contribution in [-0.4, -0.2) is 21.8 Å². The van der Waals surface area contributed by atoms with E-state index in [1.54, 1.807) is 13.1 Å². The molecule has 0 saturated heterocycles. The average Bonchev–Trinajstić information content (AvgIpc) is 2.70. The van der Waals surface area contributed by atoms with Crippen LogP contribution in [0.1, 0.15) is 18.4 Å². The van der Waals surface area contributed by atoms with E-state index in [0.717, 1.165) is 16.5 Å². The highest BCUT2D eigenvalue weighted by Gasteiger charge is 2.23. The molecule has 1 aromatic heterocycles. The maximum atomic E-state index is 11.4. The Labute approximate surface area is 91.9 Å². The van der Waals surface area contributed by atoms with Gasteiger partial charge in [0.05, 0.1) is 5.92 Å². The predicted molar refractivity (Wildman–Crippen MR) is 59.4 cm³/mol. The first kappa shape index (κ1) is 10.4. The minimum Gasteiger partial charge on any atom is -0.475 e. The van der Waals surface area contributed by atoms with Crippen LogP contribution in [0.25, 0.3) is 10.9 Å².